The van der Waals surface area contributed by atoms with Crippen LogP contribution >= 0.6 is 23.2 Å². The summed E-state index contributed by atoms with van der Waals surface area (Å²) in [6, 6.07) is 19.8. The van der Waals surface area contributed by atoms with E-state index in [2.05, 4.69) is 5.32 Å². The van der Waals surface area contributed by atoms with Crippen LogP contribution in [0.25, 0.3) is 0 Å². The van der Waals surface area contributed by atoms with Crippen LogP contribution in [0.5, 0.6) is 0 Å². The van der Waals surface area contributed by atoms with Crippen LogP contribution in [0.3, 0.4) is 0 Å². The third-order valence-electron chi connectivity index (χ3n) is 5.43. The van der Waals surface area contributed by atoms with Crippen molar-refractivity contribution in [3.05, 3.63) is 93.5 Å². The van der Waals surface area contributed by atoms with Gasteiger partial charge in [-0.05, 0) is 73.0 Å². The van der Waals surface area contributed by atoms with Gasteiger partial charge < -0.3 is 19.9 Å². The lowest BCUT2D eigenvalue weighted by Crippen LogP contribution is -2.36. The Balaban J connectivity index is 1.75. The van der Waals surface area contributed by atoms with Gasteiger partial charge in [0.05, 0.1) is 12.2 Å². The summed E-state index contributed by atoms with van der Waals surface area (Å²) >= 11 is 12.4. The van der Waals surface area contributed by atoms with Gasteiger partial charge in [0.1, 0.15) is 0 Å². The van der Waals surface area contributed by atoms with Gasteiger partial charge in [-0.1, -0.05) is 41.4 Å². The van der Waals surface area contributed by atoms with Crippen molar-refractivity contribution in [1.82, 2.24) is 4.90 Å². The lowest BCUT2D eigenvalue weighted by Gasteiger charge is -2.24. The van der Waals surface area contributed by atoms with Gasteiger partial charge >= 0.3 is 12.0 Å². The van der Waals surface area contributed by atoms with E-state index in [0.29, 0.717) is 47.4 Å². The van der Waals surface area contributed by atoms with E-state index in [-0.39, 0.29) is 6.03 Å². The number of halogens is 2. The molecule has 0 aliphatic carbocycles. The summed E-state index contributed by atoms with van der Waals surface area (Å²) in [6.45, 7) is 2.93. The Labute approximate surface area is 216 Å². The van der Waals surface area contributed by atoms with E-state index in [1.54, 1.807) is 48.2 Å². The molecule has 0 unspecified atom stereocenters. The largest absolute Gasteiger partial charge is 0.462 e. The second-order valence-corrected chi connectivity index (χ2v) is 9.04. The highest BCUT2D eigenvalue weighted by molar-refractivity contribution is 6.35. The molecule has 8 heteroatoms. The Kier molecular flexibility index (Phi) is 9.40. The number of anilines is 2. The molecular formula is C27H29Cl2N3O3. The first-order chi connectivity index (χ1) is 16.8. The van der Waals surface area contributed by atoms with Crippen molar-refractivity contribution < 1.29 is 14.3 Å². The van der Waals surface area contributed by atoms with Crippen LogP contribution in [0.4, 0.5) is 16.2 Å². The molecule has 0 saturated carbocycles. The highest BCUT2D eigenvalue weighted by Gasteiger charge is 2.16. The standard InChI is InChI=1S/C27H29Cl2N3O3/c1-4-35-26(33)21-8-11-23(12-9-21)30-27(34)32(16-15-20-7-10-22(28)17-25(20)29)18-19-5-13-24(14-6-19)31(2)3/h5-14,17H,4,15-16,18H2,1-3H3,(H,30,34). The second kappa shape index (κ2) is 12.5. The molecule has 0 radical (unpaired) electrons. The van der Waals surface area contributed by atoms with Crippen molar-refractivity contribution in [3.63, 3.8) is 0 Å². The van der Waals surface area contributed by atoms with Gasteiger partial charge in [0.15, 0.2) is 0 Å². The van der Waals surface area contributed by atoms with E-state index in [0.717, 1.165) is 16.8 Å². The third-order valence-corrected chi connectivity index (χ3v) is 6.01. The van der Waals surface area contributed by atoms with Crippen molar-refractivity contribution in [2.75, 3.05) is 37.5 Å². The summed E-state index contributed by atoms with van der Waals surface area (Å²) in [6.07, 6.45) is 0.570. The maximum Gasteiger partial charge on any atom is 0.338 e. The number of amides is 2. The lowest BCUT2D eigenvalue weighted by atomic mass is 10.1. The fourth-order valence-corrected chi connectivity index (χ4v) is 3.96. The third kappa shape index (κ3) is 7.64. The number of esters is 1. The second-order valence-electron chi connectivity index (χ2n) is 8.20. The maximum absolute atomic E-state index is 13.2. The van der Waals surface area contributed by atoms with Crippen LogP contribution in [-0.2, 0) is 17.7 Å². The maximum atomic E-state index is 13.2. The quantitative estimate of drug-likeness (QED) is 0.331. The molecule has 0 atom stereocenters. The fourth-order valence-electron chi connectivity index (χ4n) is 3.46. The number of carbonyl (C=O) groups excluding carboxylic acids is 2. The van der Waals surface area contributed by atoms with Gasteiger partial charge in [-0.15, -0.1) is 0 Å². The van der Waals surface area contributed by atoms with Crippen molar-refractivity contribution >= 4 is 46.6 Å². The highest BCUT2D eigenvalue weighted by atomic mass is 35.5. The molecule has 35 heavy (non-hydrogen) atoms. The summed E-state index contributed by atoms with van der Waals surface area (Å²) in [4.78, 5) is 28.9. The average Bonchev–Trinajstić information content (AvgIpc) is 2.83. The van der Waals surface area contributed by atoms with Crippen LogP contribution in [0.15, 0.2) is 66.7 Å². The minimum Gasteiger partial charge on any atom is -0.462 e. The van der Waals surface area contributed by atoms with Crippen LogP contribution in [0.1, 0.15) is 28.4 Å². The Hall–Kier alpha value is -3.22. The van der Waals surface area contributed by atoms with E-state index in [1.807, 2.05) is 49.3 Å². The van der Waals surface area contributed by atoms with Crippen LogP contribution in [0, 0.1) is 0 Å². The summed E-state index contributed by atoms with van der Waals surface area (Å²) in [7, 11) is 3.97. The number of nitrogens with zero attached hydrogens (tertiary/aromatic N) is 2. The van der Waals surface area contributed by atoms with Crippen LogP contribution < -0.4 is 10.2 Å². The molecule has 0 fully saturated rings. The predicted molar refractivity (Wildman–Crippen MR) is 143 cm³/mol. The molecule has 3 rings (SSSR count). The van der Waals surface area contributed by atoms with Gasteiger partial charge in [0.25, 0.3) is 0 Å². The van der Waals surface area contributed by atoms with Crippen molar-refractivity contribution in [2.45, 2.75) is 19.9 Å². The van der Waals surface area contributed by atoms with Gasteiger partial charge in [-0.3, -0.25) is 0 Å². The highest BCUT2D eigenvalue weighted by Crippen LogP contribution is 2.22. The molecule has 184 valence electrons. The number of hydrogen-bond acceptors (Lipinski definition) is 4. The van der Waals surface area contributed by atoms with Gasteiger partial charge in [-0.25, -0.2) is 9.59 Å². The monoisotopic (exact) mass is 513 g/mol. The number of carbonyl (C=O) groups is 2. The minimum absolute atomic E-state index is 0.254. The molecular weight excluding hydrogens is 485 g/mol. The number of hydrogen-bond donors (Lipinski definition) is 1. The Morgan fingerprint density at radius 3 is 2.23 bits per heavy atom. The Bertz CT molecular complexity index is 1150. The molecule has 0 aliphatic heterocycles. The van der Waals surface area contributed by atoms with E-state index in [1.165, 1.54) is 0 Å². The predicted octanol–water partition coefficient (Wildman–Crippen LogP) is 6.51. The number of benzene rings is 3. The lowest BCUT2D eigenvalue weighted by molar-refractivity contribution is 0.0526. The van der Waals surface area contributed by atoms with Crippen LogP contribution in [-0.4, -0.2) is 44.1 Å². The fraction of sp³-hybridized carbons (Fsp3) is 0.259. The molecule has 0 aromatic heterocycles. The zero-order valence-corrected chi connectivity index (χ0v) is 21.6. The van der Waals surface area contributed by atoms with Crippen LogP contribution in [0.2, 0.25) is 10.0 Å². The van der Waals surface area contributed by atoms with E-state index >= 15 is 0 Å². The van der Waals surface area contributed by atoms with Crippen molar-refractivity contribution in [3.8, 4) is 0 Å². The first-order valence-electron chi connectivity index (χ1n) is 11.3. The van der Waals surface area contributed by atoms with Gasteiger partial charge in [0.2, 0.25) is 0 Å². The number of ether oxygens (including phenoxy) is 1. The average molecular weight is 514 g/mol. The summed E-state index contributed by atoms with van der Waals surface area (Å²) in [5.74, 6) is -0.395. The normalized spacial score (nSPS) is 10.5. The molecule has 3 aromatic carbocycles. The molecule has 6 nitrogen and oxygen atoms in total. The van der Waals surface area contributed by atoms with E-state index in [9.17, 15) is 9.59 Å². The minimum atomic E-state index is -0.395. The molecule has 0 heterocycles. The Morgan fingerprint density at radius 2 is 1.63 bits per heavy atom. The SMILES string of the molecule is CCOC(=O)c1ccc(NC(=O)N(CCc2ccc(Cl)cc2Cl)Cc2ccc(N(C)C)cc2)cc1. The number of nitrogens with one attached hydrogen (secondary N) is 1. The molecule has 1 N–H and O–H groups in total. The van der Waals surface area contributed by atoms with Gasteiger partial charge in [-0.2, -0.15) is 0 Å². The molecule has 0 aliphatic rings. The molecule has 2 amide bonds. The summed E-state index contributed by atoms with van der Waals surface area (Å²) < 4.78 is 5.01. The molecule has 0 bridgehead atoms. The number of urea groups is 1. The van der Waals surface area contributed by atoms with Crippen molar-refractivity contribution in [2.24, 2.45) is 0 Å². The summed E-state index contributed by atoms with van der Waals surface area (Å²) in [5, 5.41) is 4.06. The van der Waals surface area contributed by atoms with E-state index in [4.69, 9.17) is 27.9 Å². The Morgan fingerprint density at radius 1 is 0.943 bits per heavy atom. The number of rotatable bonds is 9. The summed E-state index contributed by atoms with van der Waals surface area (Å²) in [5.41, 5.74) is 4.02. The van der Waals surface area contributed by atoms with Crippen molar-refractivity contribution in [1.29, 1.82) is 0 Å². The topological polar surface area (TPSA) is 61.9 Å². The van der Waals surface area contributed by atoms with Gasteiger partial charge in [0, 0.05) is 48.6 Å². The van der Waals surface area contributed by atoms with E-state index < -0.39 is 5.97 Å². The first kappa shape index (κ1) is 26.4. The smallest absolute Gasteiger partial charge is 0.338 e. The zero-order valence-electron chi connectivity index (χ0n) is 20.1. The molecule has 0 spiro atoms. The molecule has 3 aromatic rings. The molecule has 0 saturated heterocycles. The zero-order chi connectivity index (χ0) is 25.4. The first-order valence-corrected chi connectivity index (χ1v) is 12.1.